The Balaban J connectivity index is 2.91. The number of cyclic esters (lactones) is 1. The molecule has 0 bridgehead atoms. The topological polar surface area (TPSA) is 90.9 Å². The zero-order chi connectivity index (χ0) is 17.8. The maximum absolute atomic E-state index is 12.3. The smallest absolute Gasteiger partial charge is 0.337 e. The van der Waals surface area contributed by atoms with Crippen molar-refractivity contribution >= 4 is 22.9 Å². The van der Waals surface area contributed by atoms with Crippen LogP contribution in [-0.2, 0) is 34.8 Å². The van der Waals surface area contributed by atoms with Crippen molar-refractivity contribution in [3.63, 3.8) is 0 Å². The highest BCUT2D eigenvalue weighted by Crippen LogP contribution is 2.25. The predicted octanol–water partition coefficient (Wildman–Crippen LogP) is 1.55. The van der Waals surface area contributed by atoms with Crippen molar-refractivity contribution in [2.75, 3.05) is 6.61 Å². The van der Waals surface area contributed by atoms with Crippen LogP contribution in [0.3, 0.4) is 0 Å². The molecular weight excluding hydrogens is 322 g/mol. The molecule has 0 fully saturated rings. The number of rotatable bonds is 6. The van der Waals surface area contributed by atoms with E-state index in [1.54, 1.807) is 41.5 Å². The largest absolute Gasteiger partial charge is 0.465 e. The van der Waals surface area contributed by atoms with Crippen molar-refractivity contribution in [2.24, 2.45) is 0 Å². The number of carbonyl (C=O) groups excluding carboxylic acids is 2. The summed E-state index contributed by atoms with van der Waals surface area (Å²) in [5.74, 6) is -1.92. The van der Waals surface area contributed by atoms with Crippen molar-refractivity contribution < 1.29 is 28.0 Å². The lowest BCUT2D eigenvalue weighted by Crippen LogP contribution is -2.46. The van der Waals surface area contributed by atoms with Crippen LogP contribution >= 0.6 is 0 Å². The van der Waals surface area contributed by atoms with E-state index in [1.807, 2.05) is 0 Å². The number of carbonyl (C=O) groups is 2. The van der Waals surface area contributed by atoms with E-state index in [2.05, 4.69) is 4.72 Å². The first-order valence-electron chi connectivity index (χ1n) is 7.42. The summed E-state index contributed by atoms with van der Waals surface area (Å²) in [5.41, 5.74) is 0. The number of hydrogen-bond donors (Lipinski definition) is 1. The molecule has 0 aromatic carbocycles. The third kappa shape index (κ3) is 6.31. The molecule has 2 atom stereocenters. The van der Waals surface area contributed by atoms with E-state index >= 15 is 0 Å². The third-order valence-corrected chi connectivity index (χ3v) is 4.39. The predicted molar refractivity (Wildman–Crippen MR) is 85.4 cm³/mol. The first-order chi connectivity index (χ1) is 10.4. The minimum Gasteiger partial charge on any atom is -0.465 e. The summed E-state index contributed by atoms with van der Waals surface area (Å²) in [4.78, 5) is 23.7. The molecule has 0 aliphatic carbocycles. The molecule has 132 valence electrons. The first-order valence-corrected chi connectivity index (χ1v) is 8.57. The second kappa shape index (κ2) is 7.44. The molecule has 1 aliphatic heterocycles. The minimum atomic E-state index is -1.47. The molecule has 0 saturated carbocycles. The van der Waals surface area contributed by atoms with E-state index in [0.717, 1.165) is 0 Å². The Morgan fingerprint density at radius 3 is 2.48 bits per heavy atom. The first kappa shape index (κ1) is 19.6. The lowest BCUT2D eigenvalue weighted by Gasteiger charge is -2.32. The number of esters is 2. The van der Waals surface area contributed by atoms with Gasteiger partial charge in [0.25, 0.3) is 0 Å². The summed E-state index contributed by atoms with van der Waals surface area (Å²) >= 11 is 0. The van der Waals surface area contributed by atoms with Crippen molar-refractivity contribution in [3.05, 3.63) is 11.8 Å². The zero-order valence-corrected chi connectivity index (χ0v) is 15.2. The van der Waals surface area contributed by atoms with E-state index in [4.69, 9.17) is 14.2 Å². The maximum atomic E-state index is 12.3. The second-order valence-electron chi connectivity index (χ2n) is 6.54. The molecule has 0 spiro atoms. The molecule has 7 nitrogen and oxygen atoms in total. The number of hydrogen-bond acceptors (Lipinski definition) is 6. The van der Waals surface area contributed by atoms with Crippen molar-refractivity contribution in [1.29, 1.82) is 0 Å². The normalized spacial score (nSPS) is 19.9. The molecule has 1 unspecified atom stereocenters. The Morgan fingerprint density at radius 2 is 2.00 bits per heavy atom. The standard InChI is InChI=1S/C15H25NO6S/c1-7-20-13(18)11(16-23(19)14(2,3)4)8-10-9-12(17)22-15(5,6)21-10/h9,11,16H,7-8H2,1-6H3/t11-,23?/m1/s1. The molecular formula is C15H25NO6S. The van der Waals surface area contributed by atoms with Crippen LogP contribution in [-0.4, -0.2) is 39.3 Å². The third-order valence-electron chi connectivity index (χ3n) is 2.78. The van der Waals surface area contributed by atoms with Crippen LogP contribution in [0, 0.1) is 0 Å². The fourth-order valence-electron chi connectivity index (χ4n) is 1.79. The highest BCUT2D eigenvalue weighted by molar-refractivity contribution is 7.84. The zero-order valence-electron chi connectivity index (χ0n) is 14.4. The van der Waals surface area contributed by atoms with Crippen molar-refractivity contribution in [2.45, 2.75) is 64.5 Å². The Labute approximate surface area is 139 Å². The molecule has 0 aromatic rings. The molecule has 0 amide bonds. The van der Waals surface area contributed by atoms with Gasteiger partial charge >= 0.3 is 11.9 Å². The Kier molecular flexibility index (Phi) is 6.35. The van der Waals surface area contributed by atoms with E-state index in [0.29, 0.717) is 0 Å². The fraction of sp³-hybridized carbons (Fsp3) is 0.733. The SMILES string of the molecule is CCOC(=O)[C@@H](CC1=CC(=O)OC(C)(C)O1)NS(=O)C(C)(C)C. The van der Waals surface area contributed by atoms with E-state index in [1.165, 1.54) is 6.08 Å². The summed E-state index contributed by atoms with van der Waals surface area (Å²) < 4.78 is 30.0. The van der Waals surface area contributed by atoms with E-state index in [-0.39, 0.29) is 18.8 Å². The molecule has 1 N–H and O–H groups in total. The molecule has 1 rings (SSSR count). The highest BCUT2D eigenvalue weighted by atomic mass is 32.2. The van der Waals surface area contributed by atoms with E-state index in [9.17, 15) is 13.8 Å². The van der Waals surface area contributed by atoms with Gasteiger partial charge in [-0.1, -0.05) is 0 Å². The molecule has 0 aromatic heterocycles. The van der Waals surface area contributed by atoms with Crippen LogP contribution in [0.25, 0.3) is 0 Å². The van der Waals surface area contributed by atoms with E-state index < -0.39 is 39.5 Å². The summed E-state index contributed by atoms with van der Waals surface area (Å²) in [5, 5.41) is 0. The average Bonchev–Trinajstić information content (AvgIpc) is 2.34. The van der Waals surface area contributed by atoms with Gasteiger partial charge < -0.3 is 14.2 Å². The van der Waals surface area contributed by atoms with Gasteiger partial charge in [0.05, 0.1) is 28.4 Å². The van der Waals surface area contributed by atoms with Gasteiger partial charge in [0.15, 0.2) is 0 Å². The van der Waals surface area contributed by atoms with Crippen LogP contribution < -0.4 is 4.72 Å². The van der Waals surface area contributed by atoms with Gasteiger partial charge in [-0.05, 0) is 27.7 Å². The summed E-state index contributed by atoms with van der Waals surface area (Å²) in [7, 11) is -1.47. The minimum absolute atomic E-state index is 0.0409. The van der Waals surface area contributed by atoms with Gasteiger partial charge in [0.1, 0.15) is 11.8 Å². The average molecular weight is 347 g/mol. The molecule has 8 heteroatoms. The lowest BCUT2D eigenvalue weighted by atomic mass is 10.1. The summed E-state index contributed by atoms with van der Waals surface area (Å²) in [6, 6.07) is -0.886. The van der Waals surface area contributed by atoms with Gasteiger partial charge in [0, 0.05) is 20.3 Å². The Bertz CT molecular complexity index is 521. The molecule has 1 heterocycles. The highest BCUT2D eigenvalue weighted by Gasteiger charge is 2.34. The molecule has 1 aliphatic rings. The van der Waals surface area contributed by atoms with Gasteiger partial charge in [-0.2, -0.15) is 0 Å². The van der Waals surface area contributed by atoms with Gasteiger partial charge in [-0.15, -0.1) is 0 Å². The van der Waals surface area contributed by atoms with Gasteiger partial charge in [-0.3, -0.25) is 4.79 Å². The Hall–Kier alpha value is -1.41. The molecule has 0 saturated heterocycles. The van der Waals surface area contributed by atoms with Crippen molar-refractivity contribution in [3.8, 4) is 0 Å². The number of ether oxygens (including phenoxy) is 3. The fourth-order valence-corrected chi connectivity index (χ4v) is 2.58. The van der Waals surface area contributed by atoms with Gasteiger partial charge in [0.2, 0.25) is 5.79 Å². The van der Waals surface area contributed by atoms with Crippen molar-refractivity contribution in [1.82, 2.24) is 4.72 Å². The van der Waals surface area contributed by atoms with Gasteiger partial charge in [-0.25, -0.2) is 13.7 Å². The molecule has 23 heavy (non-hydrogen) atoms. The summed E-state index contributed by atoms with van der Waals surface area (Å²) in [6.45, 7) is 10.4. The monoisotopic (exact) mass is 347 g/mol. The van der Waals surface area contributed by atoms with Crippen LogP contribution in [0.1, 0.15) is 48.0 Å². The second-order valence-corrected chi connectivity index (χ2v) is 8.54. The van der Waals surface area contributed by atoms with Crippen LogP contribution in [0.4, 0.5) is 0 Å². The lowest BCUT2D eigenvalue weighted by molar-refractivity contribution is -0.206. The van der Waals surface area contributed by atoms with Crippen LogP contribution in [0.15, 0.2) is 11.8 Å². The van der Waals surface area contributed by atoms with Crippen LogP contribution in [0.2, 0.25) is 0 Å². The van der Waals surface area contributed by atoms with Crippen LogP contribution in [0.5, 0.6) is 0 Å². The number of nitrogens with one attached hydrogen (secondary N) is 1. The summed E-state index contributed by atoms with van der Waals surface area (Å²) in [6.07, 6.45) is 1.22. The quantitative estimate of drug-likeness (QED) is 0.733. The molecule has 0 radical (unpaired) electrons. The Morgan fingerprint density at radius 1 is 1.39 bits per heavy atom. The maximum Gasteiger partial charge on any atom is 0.337 e.